The molecule has 5 heteroatoms. The monoisotopic (exact) mass is 321 g/mol. The minimum atomic E-state index is -0.757. The van der Waals surface area contributed by atoms with Gasteiger partial charge in [0.15, 0.2) is 0 Å². The summed E-state index contributed by atoms with van der Waals surface area (Å²) in [5, 5.41) is 4.87. The van der Waals surface area contributed by atoms with E-state index in [4.69, 9.17) is 23.2 Å². The maximum absolute atomic E-state index is 11.3. The van der Waals surface area contributed by atoms with Crippen molar-refractivity contribution in [2.45, 2.75) is 38.0 Å². The van der Waals surface area contributed by atoms with Crippen LogP contribution >= 0.6 is 23.2 Å². The molecule has 0 spiro atoms. The van der Waals surface area contributed by atoms with Crippen molar-refractivity contribution in [2.24, 2.45) is 0 Å². The van der Waals surface area contributed by atoms with Crippen LogP contribution in [0.4, 0.5) is 0 Å². The molecule has 1 aromatic rings. The third-order valence-corrected chi connectivity index (χ3v) is 5.37. The van der Waals surface area contributed by atoms with E-state index in [0.29, 0.717) is 10.0 Å². The molecule has 0 amide bonds. The molecule has 3 unspecified atom stereocenters. The number of halogens is 2. The van der Waals surface area contributed by atoms with E-state index in [-0.39, 0.29) is 11.3 Å². The van der Waals surface area contributed by atoms with E-state index in [2.05, 4.69) is 12.2 Å². The summed E-state index contributed by atoms with van der Waals surface area (Å²) in [5.41, 5.74) is 1.14. The first-order valence-corrected chi connectivity index (χ1v) is 8.84. The van der Waals surface area contributed by atoms with Crippen LogP contribution < -0.4 is 5.32 Å². The predicted molar refractivity (Wildman–Crippen MR) is 85.6 cm³/mol. The van der Waals surface area contributed by atoms with Crippen molar-refractivity contribution in [3.8, 4) is 0 Å². The quantitative estimate of drug-likeness (QED) is 0.815. The smallest absolute Gasteiger partial charge is 0.0595 e. The van der Waals surface area contributed by atoms with Crippen molar-refractivity contribution in [2.75, 3.05) is 12.8 Å². The predicted octanol–water partition coefficient (Wildman–Crippen LogP) is 4.19. The molecule has 2 nitrogen and oxygen atoms in total. The Kier molecular flexibility index (Phi) is 7.37. The lowest BCUT2D eigenvalue weighted by Crippen LogP contribution is -2.25. The van der Waals surface area contributed by atoms with Gasteiger partial charge in [0.2, 0.25) is 0 Å². The van der Waals surface area contributed by atoms with Gasteiger partial charge in [-0.2, -0.15) is 0 Å². The van der Waals surface area contributed by atoms with Gasteiger partial charge < -0.3 is 5.32 Å². The average Bonchev–Trinajstić information content (AvgIpc) is 2.37. The van der Waals surface area contributed by atoms with Crippen molar-refractivity contribution in [3.05, 3.63) is 33.8 Å². The second-order valence-corrected chi connectivity index (χ2v) is 7.30. The van der Waals surface area contributed by atoms with E-state index < -0.39 is 10.8 Å². The molecule has 0 saturated heterocycles. The summed E-state index contributed by atoms with van der Waals surface area (Å²) in [5.74, 6) is 0. The number of hydrogen-bond acceptors (Lipinski definition) is 2. The van der Waals surface area contributed by atoms with E-state index in [0.717, 1.165) is 24.9 Å². The lowest BCUT2D eigenvalue weighted by atomic mass is 10.0. The Morgan fingerprint density at radius 3 is 2.53 bits per heavy atom. The third-order valence-electron chi connectivity index (χ3n) is 3.26. The van der Waals surface area contributed by atoms with Gasteiger partial charge in [-0.3, -0.25) is 4.21 Å². The van der Waals surface area contributed by atoms with Gasteiger partial charge in [-0.1, -0.05) is 43.1 Å². The van der Waals surface area contributed by atoms with Gasteiger partial charge in [0.25, 0.3) is 0 Å². The molecule has 108 valence electrons. The maximum Gasteiger partial charge on any atom is 0.0595 e. The first kappa shape index (κ1) is 17.0. The molecule has 1 aromatic carbocycles. The highest BCUT2D eigenvalue weighted by atomic mass is 35.5. The Morgan fingerprint density at radius 1 is 1.32 bits per heavy atom. The van der Waals surface area contributed by atoms with Crippen molar-refractivity contribution >= 4 is 34.0 Å². The molecule has 0 bridgehead atoms. The van der Waals surface area contributed by atoms with E-state index in [1.54, 1.807) is 6.26 Å². The first-order chi connectivity index (χ1) is 8.95. The Hall–Kier alpha value is -0.0900. The molecule has 0 heterocycles. The van der Waals surface area contributed by atoms with Gasteiger partial charge in [0, 0.05) is 28.3 Å². The molecule has 19 heavy (non-hydrogen) atoms. The van der Waals surface area contributed by atoms with Crippen LogP contribution in [0.5, 0.6) is 0 Å². The van der Waals surface area contributed by atoms with Crippen LogP contribution in [-0.4, -0.2) is 22.3 Å². The summed E-state index contributed by atoms with van der Waals surface area (Å²) in [6.07, 6.45) is 3.63. The summed E-state index contributed by atoms with van der Waals surface area (Å²) >= 11 is 12.0. The standard InChI is InChI=1S/C14H21Cl2NOS/c1-4-14(17-8-7-10(2)19(3)18)11-5-6-12(15)13(16)9-11/h5-6,9-10,14,17H,4,7-8H2,1-3H3. The van der Waals surface area contributed by atoms with Crippen molar-refractivity contribution in [3.63, 3.8) is 0 Å². The number of nitrogens with one attached hydrogen (secondary N) is 1. The van der Waals surface area contributed by atoms with Gasteiger partial charge in [0.05, 0.1) is 10.0 Å². The topological polar surface area (TPSA) is 29.1 Å². The van der Waals surface area contributed by atoms with Gasteiger partial charge in [0.1, 0.15) is 0 Å². The SMILES string of the molecule is CCC(NCCC(C)S(C)=O)c1ccc(Cl)c(Cl)c1. The fourth-order valence-corrected chi connectivity index (χ4v) is 2.61. The normalized spacial score (nSPS) is 16.1. The Bertz CT molecular complexity index is 439. The van der Waals surface area contributed by atoms with E-state index in [1.165, 1.54) is 0 Å². The summed E-state index contributed by atoms with van der Waals surface area (Å²) in [6.45, 7) is 4.99. The highest BCUT2D eigenvalue weighted by Gasteiger charge is 2.12. The maximum atomic E-state index is 11.3. The van der Waals surface area contributed by atoms with Gasteiger partial charge in [-0.15, -0.1) is 0 Å². The van der Waals surface area contributed by atoms with Crippen LogP contribution in [-0.2, 0) is 10.8 Å². The zero-order valence-electron chi connectivity index (χ0n) is 11.6. The van der Waals surface area contributed by atoms with Crippen molar-refractivity contribution in [1.82, 2.24) is 5.32 Å². The molecular weight excluding hydrogens is 301 g/mol. The van der Waals surface area contributed by atoms with Gasteiger partial charge in [-0.05, 0) is 37.1 Å². The Labute approximate surface area is 128 Å². The zero-order chi connectivity index (χ0) is 14.4. The van der Waals surface area contributed by atoms with Crippen molar-refractivity contribution in [1.29, 1.82) is 0 Å². The lowest BCUT2D eigenvalue weighted by Gasteiger charge is -2.19. The number of benzene rings is 1. The highest BCUT2D eigenvalue weighted by molar-refractivity contribution is 7.84. The van der Waals surface area contributed by atoms with Crippen LogP contribution in [0.15, 0.2) is 18.2 Å². The van der Waals surface area contributed by atoms with Gasteiger partial charge in [-0.25, -0.2) is 0 Å². The largest absolute Gasteiger partial charge is 0.310 e. The summed E-state index contributed by atoms with van der Waals surface area (Å²) in [4.78, 5) is 0. The fourth-order valence-electron chi connectivity index (χ4n) is 1.85. The lowest BCUT2D eigenvalue weighted by molar-refractivity contribution is 0.508. The molecule has 0 aliphatic carbocycles. The van der Waals surface area contributed by atoms with E-state index >= 15 is 0 Å². The molecular formula is C14H21Cl2NOS. The fraction of sp³-hybridized carbons (Fsp3) is 0.571. The average molecular weight is 322 g/mol. The molecule has 0 saturated carbocycles. The highest BCUT2D eigenvalue weighted by Crippen LogP contribution is 2.26. The van der Waals surface area contributed by atoms with E-state index in [9.17, 15) is 4.21 Å². The molecule has 0 aliphatic rings. The van der Waals surface area contributed by atoms with Crippen LogP contribution in [0.25, 0.3) is 0 Å². The van der Waals surface area contributed by atoms with Crippen LogP contribution in [0.2, 0.25) is 10.0 Å². The molecule has 1 rings (SSSR count). The summed E-state index contributed by atoms with van der Waals surface area (Å²) in [7, 11) is -0.757. The summed E-state index contributed by atoms with van der Waals surface area (Å²) < 4.78 is 11.3. The molecule has 0 radical (unpaired) electrons. The van der Waals surface area contributed by atoms with Crippen LogP contribution in [0.3, 0.4) is 0 Å². The van der Waals surface area contributed by atoms with Crippen LogP contribution in [0, 0.1) is 0 Å². The number of rotatable bonds is 7. The Balaban J connectivity index is 2.58. The third kappa shape index (κ3) is 5.42. The van der Waals surface area contributed by atoms with E-state index in [1.807, 2.05) is 25.1 Å². The molecule has 0 aromatic heterocycles. The second kappa shape index (κ2) is 8.25. The molecule has 3 atom stereocenters. The molecule has 0 aliphatic heterocycles. The molecule has 0 fully saturated rings. The second-order valence-electron chi connectivity index (χ2n) is 4.69. The Morgan fingerprint density at radius 2 is 2.00 bits per heavy atom. The van der Waals surface area contributed by atoms with Crippen molar-refractivity contribution < 1.29 is 4.21 Å². The minimum absolute atomic E-state index is 0.221. The van der Waals surface area contributed by atoms with Crippen LogP contribution in [0.1, 0.15) is 38.3 Å². The summed E-state index contributed by atoms with van der Waals surface area (Å²) in [6, 6.07) is 5.99. The minimum Gasteiger partial charge on any atom is -0.310 e. The first-order valence-electron chi connectivity index (χ1n) is 6.46. The number of hydrogen-bond donors (Lipinski definition) is 1. The zero-order valence-corrected chi connectivity index (χ0v) is 13.9. The van der Waals surface area contributed by atoms with Gasteiger partial charge >= 0.3 is 0 Å². The molecule has 1 N–H and O–H groups in total.